The van der Waals surface area contributed by atoms with Crippen LogP contribution in [0, 0.1) is 0 Å². The molecule has 1 aliphatic heterocycles. The molecule has 0 unspecified atom stereocenters. The molecule has 1 N–H and O–H groups in total. The van der Waals surface area contributed by atoms with Gasteiger partial charge in [-0.15, -0.1) is 0 Å². The molecule has 0 saturated carbocycles. The van der Waals surface area contributed by atoms with Crippen LogP contribution >= 0.6 is 11.6 Å². The number of likely N-dealkylation sites (tertiary alicyclic amines) is 1. The Morgan fingerprint density at radius 1 is 0.853 bits per heavy atom. The highest BCUT2D eigenvalue weighted by Crippen LogP contribution is 2.42. The van der Waals surface area contributed by atoms with Crippen molar-refractivity contribution in [1.29, 1.82) is 0 Å². The number of aromatic nitrogens is 2. The maximum atomic E-state index is 13.1. The molecule has 2 aromatic heterocycles. The molecule has 3 heterocycles. The highest BCUT2D eigenvalue weighted by atomic mass is 35.5. The number of benzene rings is 3. The van der Waals surface area contributed by atoms with Crippen LogP contribution in [-0.2, 0) is 0 Å². The van der Waals surface area contributed by atoms with E-state index >= 15 is 0 Å². The van der Waals surface area contributed by atoms with E-state index in [1.54, 1.807) is 6.07 Å². The third-order valence-electron chi connectivity index (χ3n) is 6.67. The summed E-state index contributed by atoms with van der Waals surface area (Å²) in [6.45, 7) is 1.60. The van der Waals surface area contributed by atoms with E-state index in [-0.39, 0.29) is 5.91 Å². The van der Waals surface area contributed by atoms with Gasteiger partial charge in [0.25, 0.3) is 5.91 Å². The number of nitrogens with one attached hydrogen (secondary N) is 1. The fourth-order valence-electron chi connectivity index (χ4n) is 5.01. The minimum atomic E-state index is 0.00834. The van der Waals surface area contributed by atoms with Crippen LogP contribution in [0.25, 0.3) is 44.2 Å². The maximum absolute atomic E-state index is 13.1. The van der Waals surface area contributed by atoms with Crippen molar-refractivity contribution in [2.24, 2.45) is 0 Å². The molecule has 5 heteroatoms. The number of amides is 1. The van der Waals surface area contributed by atoms with Crippen LogP contribution in [0.2, 0.25) is 5.02 Å². The number of hydrogen-bond acceptors (Lipinski definition) is 2. The molecule has 34 heavy (non-hydrogen) atoms. The zero-order chi connectivity index (χ0) is 23.1. The maximum Gasteiger partial charge on any atom is 0.270 e. The average molecular weight is 466 g/mol. The summed E-state index contributed by atoms with van der Waals surface area (Å²) in [6, 6.07) is 26.4. The lowest BCUT2D eigenvalue weighted by molar-refractivity contribution is 0.0719. The van der Waals surface area contributed by atoms with E-state index in [1.165, 1.54) is 6.42 Å². The SMILES string of the molecule is O=C(c1cc(Cl)c2c(ccc3c(-c4ccccc4)c(-c4ccccc4)nc32)[nH]1)N1CCCCC1. The summed E-state index contributed by atoms with van der Waals surface area (Å²) in [5.74, 6) is 0.00834. The predicted molar refractivity (Wildman–Crippen MR) is 139 cm³/mol. The second-order valence-electron chi connectivity index (χ2n) is 8.84. The number of H-pyrrole nitrogens is 1. The average Bonchev–Trinajstić information content (AvgIpc) is 3.29. The Hall–Kier alpha value is -3.63. The third-order valence-corrected chi connectivity index (χ3v) is 6.97. The van der Waals surface area contributed by atoms with Gasteiger partial charge in [0, 0.05) is 40.5 Å². The smallest absolute Gasteiger partial charge is 0.270 e. The summed E-state index contributed by atoms with van der Waals surface area (Å²) in [6.07, 6.45) is 3.28. The molecule has 0 aliphatic carbocycles. The first-order chi connectivity index (χ1) is 16.7. The minimum absolute atomic E-state index is 0.00834. The Kier molecular flexibility index (Phi) is 5.31. The molecule has 4 nitrogen and oxygen atoms in total. The summed E-state index contributed by atoms with van der Waals surface area (Å²) in [5, 5.41) is 2.42. The van der Waals surface area contributed by atoms with Crippen LogP contribution in [0.4, 0.5) is 0 Å². The fourth-order valence-corrected chi connectivity index (χ4v) is 5.32. The minimum Gasteiger partial charge on any atom is -0.350 e. The Morgan fingerprint density at radius 2 is 1.53 bits per heavy atom. The van der Waals surface area contributed by atoms with Crippen molar-refractivity contribution in [3.05, 3.63) is 89.6 Å². The molecule has 5 aromatic rings. The van der Waals surface area contributed by atoms with Gasteiger partial charge in [-0.05, 0) is 43.0 Å². The van der Waals surface area contributed by atoms with Crippen molar-refractivity contribution < 1.29 is 4.79 Å². The normalized spacial score (nSPS) is 14.1. The lowest BCUT2D eigenvalue weighted by Gasteiger charge is -2.26. The quantitative estimate of drug-likeness (QED) is 0.303. The topological polar surface area (TPSA) is 49.0 Å². The number of fused-ring (bicyclic) bond motifs is 3. The Labute approximate surface area is 203 Å². The molecular formula is C29H24ClN3O. The van der Waals surface area contributed by atoms with Gasteiger partial charge in [0.2, 0.25) is 0 Å². The van der Waals surface area contributed by atoms with Crippen molar-refractivity contribution >= 4 is 39.3 Å². The van der Waals surface area contributed by atoms with Gasteiger partial charge in [0.05, 0.1) is 16.2 Å². The van der Waals surface area contributed by atoms with Crippen molar-refractivity contribution in [3.8, 4) is 22.4 Å². The van der Waals surface area contributed by atoms with E-state index in [0.29, 0.717) is 10.7 Å². The molecule has 1 aliphatic rings. The summed E-state index contributed by atoms with van der Waals surface area (Å²) in [5.41, 5.74) is 6.37. The molecule has 6 rings (SSSR count). The number of hydrogen-bond donors (Lipinski definition) is 1. The van der Waals surface area contributed by atoms with E-state index in [2.05, 4.69) is 35.3 Å². The first kappa shape index (κ1) is 20.9. The zero-order valence-corrected chi connectivity index (χ0v) is 19.5. The number of carbonyl (C=O) groups is 1. The molecular weight excluding hydrogens is 442 g/mol. The summed E-state index contributed by atoms with van der Waals surface area (Å²) < 4.78 is 0. The highest BCUT2D eigenvalue weighted by Gasteiger charge is 2.22. The van der Waals surface area contributed by atoms with Gasteiger partial charge in [-0.25, -0.2) is 4.98 Å². The van der Waals surface area contributed by atoms with Crippen LogP contribution < -0.4 is 0 Å². The van der Waals surface area contributed by atoms with Crippen LogP contribution in [-0.4, -0.2) is 33.9 Å². The second-order valence-corrected chi connectivity index (χ2v) is 9.24. The summed E-state index contributed by atoms with van der Waals surface area (Å²) in [7, 11) is 0. The lowest BCUT2D eigenvalue weighted by atomic mass is 9.98. The van der Waals surface area contributed by atoms with Gasteiger partial charge in [-0.2, -0.15) is 0 Å². The number of nitrogens with zero attached hydrogens (tertiary/aromatic N) is 2. The highest BCUT2D eigenvalue weighted by molar-refractivity contribution is 6.38. The Balaban J connectivity index is 1.57. The molecule has 0 bridgehead atoms. The fraction of sp³-hybridized carbons (Fsp3) is 0.172. The Bertz CT molecular complexity index is 1500. The monoisotopic (exact) mass is 465 g/mol. The molecule has 3 aromatic carbocycles. The lowest BCUT2D eigenvalue weighted by Crippen LogP contribution is -2.36. The zero-order valence-electron chi connectivity index (χ0n) is 18.7. The van der Waals surface area contributed by atoms with Gasteiger partial charge in [-0.3, -0.25) is 4.79 Å². The number of aromatic amines is 1. The van der Waals surface area contributed by atoms with Crippen molar-refractivity contribution in [2.75, 3.05) is 13.1 Å². The van der Waals surface area contributed by atoms with Gasteiger partial charge in [-0.1, -0.05) is 72.3 Å². The predicted octanol–water partition coefficient (Wildman–Crippen LogP) is 7.33. The number of pyridine rings is 1. The van der Waals surface area contributed by atoms with Crippen LogP contribution in [0.3, 0.4) is 0 Å². The van der Waals surface area contributed by atoms with Crippen molar-refractivity contribution in [2.45, 2.75) is 19.3 Å². The molecule has 0 spiro atoms. The van der Waals surface area contributed by atoms with E-state index in [0.717, 1.165) is 70.1 Å². The summed E-state index contributed by atoms with van der Waals surface area (Å²) >= 11 is 6.85. The number of carbonyl (C=O) groups excluding carboxylic acids is 1. The molecule has 168 valence electrons. The van der Waals surface area contributed by atoms with E-state index in [9.17, 15) is 4.79 Å². The van der Waals surface area contributed by atoms with Crippen molar-refractivity contribution in [1.82, 2.24) is 14.9 Å². The number of halogens is 1. The van der Waals surface area contributed by atoms with Gasteiger partial charge < -0.3 is 9.88 Å². The molecule has 0 radical (unpaired) electrons. The van der Waals surface area contributed by atoms with Gasteiger partial charge >= 0.3 is 0 Å². The van der Waals surface area contributed by atoms with Crippen LogP contribution in [0.1, 0.15) is 29.8 Å². The van der Waals surface area contributed by atoms with E-state index in [1.807, 2.05) is 47.4 Å². The number of rotatable bonds is 3. The summed E-state index contributed by atoms with van der Waals surface area (Å²) in [4.78, 5) is 23.5. The molecule has 1 fully saturated rings. The molecule has 1 saturated heterocycles. The second kappa shape index (κ2) is 8.62. The first-order valence-electron chi connectivity index (χ1n) is 11.8. The molecule has 1 amide bonds. The Morgan fingerprint density at radius 3 is 2.24 bits per heavy atom. The third kappa shape index (κ3) is 3.55. The van der Waals surface area contributed by atoms with Gasteiger partial charge in [0.1, 0.15) is 5.69 Å². The largest absolute Gasteiger partial charge is 0.350 e. The number of piperidine rings is 1. The van der Waals surface area contributed by atoms with Crippen LogP contribution in [0.5, 0.6) is 0 Å². The van der Waals surface area contributed by atoms with Gasteiger partial charge in [0.15, 0.2) is 0 Å². The van der Waals surface area contributed by atoms with Crippen molar-refractivity contribution in [3.63, 3.8) is 0 Å². The van der Waals surface area contributed by atoms with E-state index in [4.69, 9.17) is 16.6 Å². The first-order valence-corrected chi connectivity index (χ1v) is 12.1. The van der Waals surface area contributed by atoms with Crippen LogP contribution in [0.15, 0.2) is 78.9 Å². The standard InChI is InChI=1S/C29H24ClN3O/c30-22-18-24(29(34)33-16-8-3-9-17-33)31-23-15-14-21-25(19-10-4-1-5-11-19)27(32-28(21)26(22)23)20-12-6-2-7-13-20/h1-2,4-7,10-15,18,31H,3,8-9,16-17H2. The van der Waals surface area contributed by atoms with E-state index < -0.39 is 0 Å². The molecule has 0 atom stereocenters.